The molecule has 0 aliphatic carbocycles. The van der Waals surface area contributed by atoms with E-state index in [1.165, 1.54) is 5.56 Å². The van der Waals surface area contributed by atoms with Crippen molar-refractivity contribution in [2.75, 3.05) is 40.0 Å². The zero-order chi connectivity index (χ0) is 16.4. The van der Waals surface area contributed by atoms with Gasteiger partial charge in [0.2, 0.25) is 5.91 Å². The van der Waals surface area contributed by atoms with E-state index in [1.807, 2.05) is 12.1 Å². The molecule has 0 aromatic heterocycles. The number of ether oxygens (including phenoxy) is 2. The molecule has 0 radical (unpaired) electrons. The summed E-state index contributed by atoms with van der Waals surface area (Å²) in [6.07, 6.45) is 0. The molecule has 5 nitrogen and oxygen atoms in total. The van der Waals surface area contributed by atoms with Crippen molar-refractivity contribution in [1.29, 1.82) is 0 Å². The maximum atomic E-state index is 11.5. The number of hydrogen-bond acceptors (Lipinski definition) is 4. The van der Waals surface area contributed by atoms with Crippen LogP contribution >= 0.6 is 0 Å². The van der Waals surface area contributed by atoms with E-state index in [-0.39, 0.29) is 11.3 Å². The fraction of sp³-hybridized carbons (Fsp3) is 0.588. The summed E-state index contributed by atoms with van der Waals surface area (Å²) in [6, 6.07) is 8.09. The van der Waals surface area contributed by atoms with Gasteiger partial charge in [-0.05, 0) is 23.1 Å². The standard InChI is InChI=1S/C17H28N2O3/c1-17(2,3)14-5-7-15(8-6-14)22-12-10-19-16(20)13-18-9-11-21-4/h5-8,18H,9-13H2,1-4H3,(H,19,20). The van der Waals surface area contributed by atoms with Crippen LogP contribution in [0, 0.1) is 0 Å². The van der Waals surface area contributed by atoms with Crippen molar-refractivity contribution in [2.24, 2.45) is 0 Å². The molecule has 124 valence electrons. The first-order valence-corrected chi connectivity index (χ1v) is 7.63. The monoisotopic (exact) mass is 308 g/mol. The Morgan fingerprint density at radius 1 is 1.09 bits per heavy atom. The van der Waals surface area contributed by atoms with Crippen LogP contribution < -0.4 is 15.4 Å². The number of rotatable bonds is 9. The second-order valence-electron chi connectivity index (χ2n) is 6.14. The highest BCUT2D eigenvalue weighted by Gasteiger charge is 2.12. The summed E-state index contributed by atoms with van der Waals surface area (Å²) >= 11 is 0. The summed E-state index contributed by atoms with van der Waals surface area (Å²) < 4.78 is 10.5. The van der Waals surface area contributed by atoms with E-state index >= 15 is 0 Å². The molecule has 1 aromatic carbocycles. The Morgan fingerprint density at radius 3 is 2.36 bits per heavy atom. The van der Waals surface area contributed by atoms with E-state index in [9.17, 15) is 4.79 Å². The van der Waals surface area contributed by atoms with E-state index in [0.717, 1.165) is 5.75 Å². The first kappa shape index (κ1) is 18.5. The lowest BCUT2D eigenvalue weighted by Crippen LogP contribution is -2.37. The smallest absolute Gasteiger partial charge is 0.234 e. The summed E-state index contributed by atoms with van der Waals surface area (Å²) in [5, 5.41) is 5.79. The van der Waals surface area contributed by atoms with Crippen LogP contribution in [0.5, 0.6) is 5.75 Å². The van der Waals surface area contributed by atoms with Crippen molar-refractivity contribution in [2.45, 2.75) is 26.2 Å². The molecule has 0 aliphatic rings. The van der Waals surface area contributed by atoms with Gasteiger partial charge in [0, 0.05) is 13.7 Å². The van der Waals surface area contributed by atoms with E-state index in [2.05, 4.69) is 43.5 Å². The second-order valence-corrected chi connectivity index (χ2v) is 6.14. The summed E-state index contributed by atoms with van der Waals surface area (Å²) in [5.74, 6) is 0.781. The van der Waals surface area contributed by atoms with Gasteiger partial charge in [0.05, 0.1) is 19.7 Å². The molecule has 0 spiro atoms. The minimum atomic E-state index is -0.0391. The number of benzene rings is 1. The largest absolute Gasteiger partial charge is 0.492 e. The molecule has 0 fully saturated rings. The van der Waals surface area contributed by atoms with E-state index < -0.39 is 0 Å². The fourth-order valence-corrected chi connectivity index (χ4v) is 1.85. The molecule has 1 amide bonds. The quantitative estimate of drug-likeness (QED) is 0.682. The maximum Gasteiger partial charge on any atom is 0.234 e. The lowest BCUT2D eigenvalue weighted by Gasteiger charge is -2.19. The average Bonchev–Trinajstić information content (AvgIpc) is 2.48. The number of amides is 1. The summed E-state index contributed by atoms with van der Waals surface area (Å²) in [4.78, 5) is 11.5. The van der Waals surface area contributed by atoms with Crippen molar-refractivity contribution in [3.63, 3.8) is 0 Å². The molecule has 1 rings (SSSR count). The maximum absolute atomic E-state index is 11.5. The van der Waals surface area contributed by atoms with Gasteiger partial charge in [0.25, 0.3) is 0 Å². The second kappa shape index (κ2) is 9.43. The van der Waals surface area contributed by atoms with Gasteiger partial charge in [0.1, 0.15) is 12.4 Å². The van der Waals surface area contributed by atoms with Crippen LogP contribution in [0.2, 0.25) is 0 Å². The molecule has 0 saturated heterocycles. The van der Waals surface area contributed by atoms with Crippen molar-refractivity contribution >= 4 is 5.91 Å². The molecule has 22 heavy (non-hydrogen) atoms. The predicted octanol–water partition coefficient (Wildman–Crippen LogP) is 1.72. The van der Waals surface area contributed by atoms with Gasteiger partial charge in [-0.1, -0.05) is 32.9 Å². The molecule has 0 aliphatic heterocycles. The van der Waals surface area contributed by atoms with Crippen LogP contribution in [0.15, 0.2) is 24.3 Å². The number of nitrogens with one attached hydrogen (secondary N) is 2. The lowest BCUT2D eigenvalue weighted by molar-refractivity contribution is -0.120. The molecule has 1 aromatic rings. The van der Waals surface area contributed by atoms with E-state index in [4.69, 9.17) is 9.47 Å². The Labute approximate surface area is 133 Å². The van der Waals surface area contributed by atoms with Gasteiger partial charge >= 0.3 is 0 Å². The first-order chi connectivity index (χ1) is 10.4. The molecule has 5 heteroatoms. The van der Waals surface area contributed by atoms with Crippen LogP contribution in [0.3, 0.4) is 0 Å². The predicted molar refractivity (Wildman–Crippen MR) is 88.4 cm³/mol. The Morgan fingerprint density at radius 2 is 1.77 bits per heavy atom. The van der Waals surface area contributed by atoms with Gasteiger partial charge in [-0.2, -0.15) is 0 Å². The minimum Gasteiger partial charge on any atom is -0.492 e. The topological polar surface area (TPSA) is 59.6 Å². The molecule has 2 N–H and O–H groups in total. The molecule has 0 saturated carbocycles. The third kappa shape index (κ3) is 7.43. The summed E-state index contributed by atoms with van der Waals surface area (Å²) in [6.45, 7) is 9.05. The van der Waals surface area contributed by atoms with Crippen molar-refractivity contribution in [3.8, 4) is 5.75 Å². The average molecular weight is 308 g/mol. The molecular weight excluding hydrogens is 280 g/mol. The highest BCUT2D eigenvalue weighted by Crippen LogP contribution is 2.24. The Balaban J connectivity index is 2.18. The number of carbonyl (C=O) groups excluding carboxylic acids is 1. The molecular formula is C17H28N2O3. The highest BCUT2D eigenvalue weighted by molar-refractivity contribution is 5.77. The first-order valence-electron chi connectivity index (χ1n) is 7.63. The van der Waals surface area contributed by atoms with Crippen LogP contribution in [-0.4, -0.2) is 45.9 Å². The number of carbonyl (C=O) groups is 1. The zero-order valence-electron chi connectivity index (χ0n) is 14.1. The van der Waals surface area contributed by atoms with Crippen LogP contribution in [-0.2, 0) is 14.9 Å². The molecule has 0 unspecified atom stereocenters. The molecule has 0 bridgehead atoms. The SMILES string of the molecule is COCCNCC(=O)NCCOc1ccc(C(C)(C)C)cc1. The Hall–Kier alpha value is -1.59. The molecule has 0 atom stereocenters. The van der Waals surface area contributed by atoms with Crippen LogP contribution in [0.1, 0.15) is 26.3 Å². The van der Waals surface area contributed by atoms with Crippen LogP contribution in [0.4, 0.5) is 0 Å². The third-order valence-corrected chi connectivity index (χ3v) is 3.18. The normalized spacial score (nSPS) is 11.3. The van der Waals surface area contributed by atoms with E-state index in [0.29, 0.717) is 32.8 Å². The van der Waals surface area contributed by atoms with Gasteiger partial charge < -0.3 is 20.1 Å². The van der Waals surface area contributed by atoms with Crippen molar-refractivity contribution < 1.29 is 14.3 Å². The fourth-order valence-electron chi connectivity index (χ4n) is 1.85. The zero-order valence-corrected chi connectivity index (χ0v) is 14.1. The Kier molecular flexibility index (Phi) is 7.91. The minimum absolute atomic E-state index is 0.0391. The Bertz CT molecular complexity index is 438. The summed E-state index contributed by atoms with van der Waals surface area (Å²) in [7, 11) is 1.63. The number of hydrogen-bond donors (Lipinski definition) is 2. The lowest BCUT2D eigenvalue weighted by atomic mass is 9.87. The van der Waals surface area contributed by atoms with Gasteiger partial charge in [-0.3, -0.25) is 4.79 Å². The highest BCUT2D eigenvalue weighted by atomic mass is 16.5. The van der Waals surface area contributed by atoms with Crippen molar-refractivity contribution in [1.82, 2.24) is 10.6 Å². The van der Waals surface area contributed by atoms with Gasteiger partial charge in [-0.15, -0.1) is 0 Å². The van der Waals surface area contributed by atoms with Crippen LogP contribution in [0.25, 0.3) is 0 Å². The van der Waals surface area contributed by atoms with E-state index in [1.54, 1.807) is 7.11 Å². The third-order valence-electron chi connectivity index (χ3n) is 3.18. The van der Waals surface area contributed by atoms with Gasteiger partial charge in [0.15, 0.2) is 0 Å². The van der Waals surface area contributed by atoms with Gasteiger partial charge in [-0.25, -0.2) is 0 Å². The number of methoxy groups -OCH3 is 1. The summed E-state index contributed by atoms with van der Waals surface area (Å²) in [5.41, 5.74) is 1.41. The van der Waals surface area contributed by atoms with Crippen molar-refractivity contribution in [3.05, 3.63) is 29.8 Å². The molecule has 0 heterocycles.